The predicted molar refractivity (Wildman–Crippen MR) is 64.6 cm³/mol. The fourth-order valence-corrected chi connectivity index (χ4v) is 1.81. The number of nitrogens with zero attached hydrogens (tertiary/aromatic N) is 2. The van der Waals surface area contributed by atoms with E-state index in [0.29, 0.717) is 11.1 Å². The average molecular weight is 270 g/mol. The number of aromatic hydroxyl groups is 1. The molecule has 1 aromatic heterocycles. The number of aryl methyl sites for hydroxylation is 1. The summed E-state index contributed by atoms with van der Waals surface area (Å²) >= 11 is 0. The number of aromatic nitrogens is 2. The third-order valence-corrected chi connectivity index (χ3v) is 2.72. The molecule has 1 aromatic carbocycles. The van der Waals surface area contributed by atoms with E-state index in [4.69, 9.17) is 0 Å². The van der Waals surface area contributed by atoms with Gasteiger partial charge in [-0.1, -0.05) is 6.92 Å². The van der Waals surface area contributed by atoms with Crippen LogP contribution >= 0.6 is 0 Å². The Balaban J connectivity index is 2.35. The van der Waals surface area contributed by atoms with Crippen molar-refractivity contribution in [2.75, 3.05) is 0 Å². The zero-order chi connectivity index (χ0) is 14.0. The highest BCUT2D eigenvalue weighted by atomic mass is 19.4. The molecule has 3 nitrogen and oxygen atoms in total. The molecule has 1 heterocycles. The van der Waals surface area contributed by atoms with Gasteiger partial charge in [0.2, 0.25) is 0 Å². The molecule has 0 aliphatic heterocycles. The van der Waals surface area contributed by atoms with Gasteiger partial charge in [-0.05, 0) is 24.6 Å². The van der Waals surface area contributed by atoms with Gasteiger partial charge in [-0.25, -0.2) is 0 Å². The Kier molecular flexibility index (Phi) is 3.50. The summed E-state index contributed by atoms with van der Waals surface area (Å²) in [4.78, 5) is 0. The summed E-state index contributed by atoms with van der Waals surface area (Å²) in [5.41, 5.74) is 0.0738. The highest BCUT2D eigenvalue weighted by Crippen LogP contribution is 2.36. The second kappa shape index (κ2) is 4.95. The van der Waals surface area contributed by atoms with Crippen molar-refractivity contribution in [3.63, 3.8) is 0 Å². The average Bonchev–Trinajstić information content (AvgIpc) is 2.76. The Morgan fingerprint density at radius 2 is 2.05 bits per heavy atom. The van der Waals surface area contributed by atoms with Crippen LogP contribution in [0.5, 0.6) is 5.75 Å². The lowest BCUT2D eigenvalue weighted by molar-refractivity contribution is -0.137. The van der Waals surface area contributed by atoms with Gasteiger partial charge in [-0.3, -0.25) is 4.68 Å². The van der Waals surface area contributed by atoms with Crippen LogP contribution in [0.3, 0.4) is 0 Å². The number of phenolic OH excluding ortho intramolecular Hbond substituents is 1. The molecular formula is C13H13F3N2O. The number of rotatable bonds is 3. The Labute approximate surface area is 108 Å². The lowest BCUT2D eigenvalue weighted by Crippen LogP contribution is -2.04. The molecule has 6 heteroatoms. The van der Waals surface area contributed by atoms with E-state index >= 15 is 0 Å². The molecule has 0 unspecified atom stereocenters. The van der Waals surface area contributed by atoms with Crippen LogP contribution in [0.4, 0.5) is 13.2 Å². The van der Waals surface area contributed by atoms with Crippen molar-refractivity contribution in [3.05, 3.63) is 36.2 Å². The van der Waals surface area contributed by atoms with Gasteiger partial charge in [0, 0.05) is 23.9 Å². The van der Waals surface area contributed by atoms with E-state index in [1.54, 1.807) is 10.9 Å². The van der Waals surface area contributed by atoms with Crippen molar-refractivity contribution in [1.82, 2.24) is 9.78 Å². The summed E-state index contributed by atoms with van der Waals surface area (Å²) in [6.45, 7) is 2.72. The predicted octanol–water partition coefficient (Wildman–Crippen LogP) is 3.68. The summed E-state index contributed by atoms with van der Waals surface area (Å²) in [5.74, 6) is -0.397. The molecule has 0 atom stereocenters. The van der Waals surface area contributed by atoms with E-state index in [1.165, 1.54) is 12.3 Å². The highest BCUT2D eigenvalue weighted by Gasteiger charge is 2.31. The van der Waals surface area contributed by atoms with Crippen LogP contribution in [0.1, 0.15) is 18.9 Å². The minimum atomic E-state index is -4.46. The number of hydrogen-bond donors (Lipinski definition) is 1. The van der Waals surface area contributed by atoms with Crippen LogP contribution < -0.4 is 0 Å². The molecule has 0 saturated carbocycles. The smallest absolute Gasteiger partial charge is 0.416 e. The lowest BCUT2D eigenvalue weighted by atomic mass is 10.1. The maximum absolute atomic E-state index is 12.5. The summed E-state index contributed by atoms with van der Waals surface area (Å²) in [6, 6.07) is 2.93. The van der Waals surface area contributed by atoms with Crippen molar-refractivity contribution in [3.8, 4) is 16.9 Å². The fourth-order valence-electron chi connectivity index (χ4n) is 1.81. The molecule has 0 saturated heterocycles. The van der Waals surface area contributed by atoms with E-state index in [2.05, 4.69) is 5.10 Å². The molecule has 2 aromatic rings. The van der Waals surface area contributed by atoms with Gasteiger partial charge in [0.15, 0.2) is 0 Å². The molecule has 0 aliphatic rings. The molecule has 19 heavy (non-hydrogen) atoms. The fraction of sp³-hybridized carbons (Fsp3) is 0.308. The van der Waals surface area contributed by atoms with E-state index in [-0.39, 0.29) is 0 Å². The number of hydrogen-bond acceptors (Lipinski definition) is 2. The molecule has 0 spiro atoms. The van der Waals surface area contributed by atoms with Crippen molar-refractivity contribution >= 4 is 0 Å². The summed E-state index contributed by atoms with van der Waals surface area (Å²) < 4.78 is 39.1. The minimum absolute atomic E-state index is 0.343. The summed E-state index contributed by atoms with van der Waals surface area (Å²) in [6.07, 6.45) is -0.327. The van der Waals surface area contributed by atoms with Gasteiger partial charge in [-0.15, -0.1) is 0 Å². The Hall–Kier alpha value is -1.98. The maximum atomic E-state index is 12.5. The van der Waals surface area contributed by atoms with Crippen molar-refractivity contribution in [1.29, 1.82) is 0 Å². The highest BCUT2D eigenvalue weighted by molar-refractivity contribution is 5.69. The van der Waals surface area contributed by atoms with Gasteiger partial charge in [0.1, 0.15) is 5.75 Å². The van der Waals surface area contributed by atoms with Gasteiger partial charge < -0.3 is 5.11 Å². The first kappa shape index (κ1) is 13.5. The minimum Gasteiger partial charge on any atom is -0.507 e. The molecule has 0 radical (unpaired) electrons. The van der Waals surface area contributed by atoms with Gasteiger partial charge in [0.25, 0.3) is 0 Å². The Bertz CT molecular complexity index is 576. The largest absolute Gasteiger partial charge is 0.507 e. The third-order valence-electron chi connectivity index (χ3n) is 2.72. The van der Waals surface area contributed by atoms with Crippen LogP contribution in [0, 0.1) is 0 Å². The monoisotopic (exact) mass is 270 g/mol. The van der Waals surface area contributed by atoms with Gasteiger partial charge in [0.05, 0.1) is 11.8 Å². The second-order valence-electron chi connectivity index (χ2n) is 4.22. The third kappa shape index (κ3) is 2.89. The van der Waals surface area contributed by atoms with Crippen LogP contribution in [0.25, 0.3) is 11.1 Å². The van der Waals surface area contributed by atoms with E-state index in [0.717, 1.165) is 25.1 Å². The molecule has 1 N–H and O–H groups in total. The van der Waals surface area contributed by atoms with Crippen LogP contribution in [0.2, 0.25) is 0 Å². The topological polar surface area (TPSA) is 38.0 Å². The molecule has 2 rings (SSSR count). The SMILES string of the molecule is CCCn1cc(-c2ccc(C(F)(F)F)cc2O)cn1. The van der Waals surface area contributed by atoms with Gasteiger partial charge >= 0.3 is 6.18 Å². The molecular weight excluding hydrogens is 257 g/mol. The molecule has 0 amide bonds. The second-order valence-corrected chi connectivity index (χ2v) is 4.22. The van der Waals surface area contributed by atoms with Crippen LogP contribution in [0.15, 0.2) is 30.6 Å². The first-order valence-corrected chi connectivity index (χ1v) is 5.85. The normalized spacial score (nSPS) is 11.8. The molecule has 0 bridgehead atoms. The maximum Gasteiger partial charge on any atom is 0.416 e. The van der Waals surface area contributed by atoms with Crippen molar-refractivity contribution < 1.29 is 18.3 Å². The first-order chi connectivity index (χ1) is 8.91. The van der Waals surface area contributed by atoms with E-state index in [1.807, 2.05) is 6.92 Å². The Morgan fingerprint density at radius 3 is 2.63 bits per heavy atom. The number of benzene rings is 1. The summed E-state index contributed by atoms with van der Waals surface area (Å²) in [7, 11) is 0. The quantitative estimate of drug-likeness (QED) is 0.923. The van der Waals surface area contributed by atoms with Crippen LogP contribution in [-0.4, -0.2) is 14.9 Å². The lowest BCUT2D eigenvalue weighted by Gasteiger charge is -2.09. The van der Waals surface area contributed by atoms with E-state index in [9.17, 15) is 18.3 Å². The number of phenols is 1. The first-order valence-electron chi connectivity index (χ1n) is 5.85. The Morgan fingerprint density at radius 1 is 1.32 bits per heavy atom. The standard InChI is InChI=1S/C13H13F3N2O/c1-2-5-18-8-9(7-17-18)11-4-3-10(6-12(11)19)13(14,15)16/h3-4,6-8,19H,2,5H2,1H3. The number of halogens is 3. The van der Waals surface area contributed by atoms with Crippen LogP contribution in [-0.2, 0) is 12.7 Å². The summed E-state index contributed by atoms with van der Waals surface area (Å²) in [5, 5.41) is 13.8. The van der Waals surface area contributed by atoms with Crippen molar-refractivity contribution in [2.24, 2.45) is 0 Å². The van der Waals surface area contributed by atoms with Crippen molar-refractivity contribution in [2.45, 2.75) is 26.1 Å². The number of alkyl halides is 3. The molecule has 0 fully saturated rings. The molecule has 102 valence electrons. The zero-order valence-electron chi connectivity index (χ0n) is 10.3. The van der Waals surface area contributed by atoms with Gasteiger partial charge in [-0.2, -0.15) is 18.3 Å². The van der Waals surface area contributed by atoms with E-state index < -0.39 is 17.5 Å². The molecule has 0 aliphatic carbocycles. The zero-order valence-corrected chi connectivity index (χ0v) is 10.3.